The van der Waals surface area contributed by atoms with Crippen molar-refractivity contribution in [1.82, 2.24) is 20.5 Å². The van der Waals surface area contributed by atoms with Crippen molar-refractivity contribution in [2.75, 3.05) is 13.2 Å². The Kier molecular flexibility index (Phi) is 5.78. The van der Waals surface area contributed by atoms with Crippen molar-refractivity contribution in [3.8, 4) is 34.6 Å². The van der Waals surface area contributed by atoms with E-state index in [-0.39, 0.29) is 31.5 Å². The second-order valence-corrected chi connectivity index (χ2v) is 8.46. The standard InChI is InChI=1S/C27H22N4O5/c1-2-3-13-36-20-11-8-18-15-31(24(33)22(18)14-20)16-27(25(34)29-26(35)30-27)19-9-6-17(7-10-19)21-5-4-12-28-23(21)32/h4-12,14H,13,15-16H2,1H3,(H,28,32)(H2,29,30,34,35)/t27-/m0/s1. The van der Waals surface area contributed by atoms with Crippen molar-refractivity contribution in [3.63, 3.8) is 0 Å². The fourth-order valence-corrected chi connectivity index (χ4v) is 4.49. The van der Waals surface area contributed by atoms with E-state index in [1.807, 2.05) is 6.07 Å². The highest BCUT2D eigenvalue weighted by atomic mass is 16.5. The van der Waals surface area contributed by atoms with Crippen molar-refractivity contribution >= 4 is 17.8 Å². The Hall–Kier alpha value is -4.84. The molecule has 1 saturated heterocycles. The quantitative estimate of drug-likeness (QED) is 0.367. The predicted molar refractivity (Wildman–Crippen MR) is 130 cm³/mol. The number of amides is 4. The fourth-order valence-electron chi connectivity index (χ4n) is 4.49. The number of aromatic hydroxyl groups is 1. The average molecular weight is 482 g/mol. The van der Waals surface area contributed by atoms with Crippen molar-refractivity contribution in [3.05, 3.63) is 77.5 Å². The highest BCUT2D eigenvalue weighted by Crippen LogP contribution is 2.34. The van der Waals surface area contributed by atoms with Gasteiger partial charge in [-0.1, -0.05) is 36.3 Å². The molecule has 1 atom stereocenters. The molecule has 9 nitrogen and oxygen atoms in total. The van der Waals surface area contributed by atoms with Crippen LogP contribution in [0.4, 0.5) is 4.79 Å². The van der Waals surface area contributed by atoms with E-state index in [0.717, 1.165) is 5.56 Å². The zero-order chi connectivity index (χ0) is 25.3. The number of nitrogens with zero attached hydrogens (tertiary/aromatic N) is 2. The van der Waals surface area contributed by atoms with E-state index in [1.54, 1.807) is 55.5 Å². The first-order valence-corrected chi connectivity index (χ1v) is 11.2. The summed E-state index contributed by atoms with van der Waals surface area (Å²) in [6, 6.07) is 14.9. The topological polar surface area (TPSA) is 121 Å². The molecule has 4 amide bonds. The smallest absolute Gasteiger partial charge is 0.322 e. The molecule has 0 aliphatic carbocycles. The summed E-state index contributed by atoms with van der Waals surface area (Å²) in [5.74, 6) is 5.17. The van der Waals surface area contributed by atoms with Crippen molar-refractivity contribution in [2.45, 2.75) is 19.0 Å². The lowest BCUT2D eigenvalue weighted by atomic mass is 9.88. The van der Waals surface area contributed by atoms with Crippen LogP contribution in [0.25, 0.3) is 11.1 Å². The summed E-state index contributed by atoms with van der Waals surface area (Å²) in [4.78, 5) is 44.0. The highest BCUT2D eigenvalue weighted by molar-refractivity contribution is 6.08. The Bertz CT molecular complexity index is 1440. The molecule has 1 fully saturated rings. The van der Waals surface area contributed by atoms with Crippen LogP contribution < -0.4 is 15.4 Å². The number of pyridine rings is 1. The Morgan fingerprint density at radius 3 is 2.61 bits per heavy atom. The summed E-state index contributed by atoms with van der Waals surface area (Å²) in [6.45, 7) is 2.16. The van der Waals surface area contributed by atoms with E-state index in [4.69, 9.17) is 4.74 Å². The van der Waals surface area contributed by atoms with Crippen LogP contribution in [0.5, 0.6) is 11.6 Å². The fraction of sp³-hybridized carbons (Fsp3) is 0.185. The predicted octanol–water partition coefficient (Wildman–Crippen LogP) is 2.55. The van der Waals surface area contributed by atoms with Gasteiger partial charge in [-0.05, 0) is 47.9 Å². The van der Waals surface area contributed by atoms with E-state index >= 15 is 0 Å². The zero-order valence-electron chi connectivity index (χ0n) is 19.4. The summed E-state index contributed by atoms with van der Waals surface area (Å²) in [6.07, 6.45) is 1.49. The number of imide groups is 1. The van der Waals surface area contributed by atoms with Crippen LogP contribution in [0.2, 0.25) is 0 Å². The van der Waals surface area contributed by atoms with Crippen molar-refractivity contribution in [2.24, 2.45) is 0 Å². The first-order valence-electron chi connectivity index (χ1n) is 11.2. The van der Waals surface area contributed by atoms with Crippen LogP contribution in [0.3, 0.4) is 0 Å². The van der Waals surface area contributed by atoms with Crippen LogP contribution in [0.1, 0.15) is 28.4 Å². The number of ether oxygens (including phenoxy) is 1. The van der Waals surface area contributed by atoms with Gasteiger partial charge in [-0.3, -0.25) is 14.9 Å². The van der Waals surface area contributed by atoms with Gasteiger partial charge in [0, 0.05) is 23.9 Å². The zero-order valence-corrected chi connectivity index (χ0v) is 19.4. The van der Waals surface area contributed by atoms with Gasteiger partial charge in [-0.2, -0.15) is 0 Å². The number of nitrogens with one attached hydrogen (secondary N) is 2. The lowest BCUT2D eigenvalue weighted by molar-refractivity contribution is -0.124. The molecule has 3 N–H and O–H groups in total. The molecule has 0 radical (unpaired) electrons. The van der Waals surface area contributed by atoms with Gasteiger partial charge in [0.15, 0.2) is 5.54 Å². The molecule has 0 bridgehead atoms. The molecule has 2 aliphatic rings. The second-order valence-electron chi connectivity index (χ2n) is 8.46. The molecule has 9 heteroatoms. The number of carbonyl (C=O) groups is 3. The summed E-state index contributed by atoms with van der Waals surface area (Å²) in [7, 11) is 0. The van der Waals surface area contributed by atoms with E-state index < -0.39 is 17.5 Å². The molecule has 5 rings (SSSR count). The second kappa shape index (κ2) is 9.07. The number of hydrogen-bond donors (Lipinski definition) is 3. The third-order valence-electron chi connectivity index (χ3n) is 6.29. The monoisotopic (exact) mass is 482 g/mol. The summed E-state index contributed by atoms with van der Waals surface area (Å²) in [5.41, 5.74) is 1.54. The van der Waals surface area contributed by atoms with E-state index in [9.17, 15) is 19.5 Å². The minimum absolute atomic E-state index is 0.0624. The Morgan fingerprint density at radius 2 is 1.92 bits per heavy atom. The normalized spacial score (nSPS) is 18.2. The molecule has 0 spiro atoms. The molecule has 3 aromatic rings. The van der Waals surface area contributed by atoms with Gasteiger partial charge < -0.3 is 20.1 Å². The lowest BCUT2D eigenvalue weighted by Crippen LogP contribution is -2.52. The average Bonchev–Trinajstić information content (AvgIpc) is 3.34. The van der Waals surface area contributed by atoms with Crippen LogP contribution in [-0.4, -0.2) is 46.0 Å². The molecule has 180 valence electrons. The Balaban J connectivity index is 1.43. The SMILES string of the molecule is CC#CCOc1ccc2c(c1)C(=O)N(C[C@@]1(c3ccc(-c4cccnc4O)cc3)NC(=O)NC1=O)C2. The molecule has 36 heavy (non-hydrogen) atoms. The molecule has 2 aromatic carbocycles. The molecular formula is C27H22N4O5. The first kappa shape index (κ1) is 22.9. The van der Waals surface area contributed by atoms with Gasteiger partial charge in [-0.15, -0.1) is 5.92 Å². The third kappa shape index (κ3) is 3.99. The number of benzene rings is 2. The maximum Gasteiger partial charge on any atom is 0.322 e. The Morgan fingerprint density at radius 1 is 1.11 bits per heavy atom. The van der Waals surface area contributed by atoms with Gasteiger partial charge in [-0.25, -0.2) is 9.78 Å². The maximum absolute atomic E-state index is 13.3. The molecular weight excluding hydrogens is 460 g/mol. The Labute approximate surface area is 207 Å². The molecule has 0 unspecified atom stereocenters. The molecule has 2 aliphatic heterocycles. The molecule has 0 saturated carbocycles. The van der Waals surface area contributed by atoms with Gasteiger partial charge in [0.2, 0.25) is 5.88 Å². The van der Waals surface area contributed by atoms with Crippen LogP contribution in [0.15, 0.2) is 60.8 Å². The minimum atomic E-state index is -1.47. The summed E-state index contributed by atoms with van der Waals surface area (Å²) in [5, 5.41) is 15.1. The number of fused-ring (bicyclic) bond motifs is 1. The van der Waals surface area contributed by atoms with Gasteiger partial charge >= 0.3 is 6.03 Å². The van der Waals surface area contributed by atoms with E-state index in [1.165, 1.54) is 11.1 Å². The lowest BCUT2D eigenvalue weighted by Gasteiger charge is -2.31. The number of rotatable bonds is 6. The van der Waals surface area contributed by atoms with Gasteiger partial charge in [0.05, 0.1) is 6.54 Å². The van der Waals surface area contributed by atoms with Crippen molar-refractivity contribution < 1.29 is 24.2 Å². The van der Waals surface area contributed by atoms with Crippen LogP contribution in [-0.2, 0) is 16.9 Å². The minimum Gasteiger partial charge on any atom is -0.493 e. The first-order chi connectivity index (χ1) is 17.4. The highest BCUT2D eigenvalue weighted by Gasteiger charge is 2.50. The molecule has 1 aromatic heterocycles. The number of aromatic nitrogens is 1. The van der Waals surface area contributed by atoms with Crippen molar-refractivity contribution in [1.29, 1.82) is 0 Å². The summed E-state index contributed by atoms with van der Waals surface area (Å²) >= 11 is 0. The third-order valence-corrected chi connectivity index (χ3v) is 6.29. The number of urea groups is 1. The number of carbonyl (C=O) groups excluding carboxylic acids is 3. The largest absolute Gasteiger partial charge is 0.493 e. The van der Waals surface area contributed by atoms with E-state index in [0.29, 0.717) is 28.0 Å². The van der Waals surface area contributed by atoms with Crippen LogP contribution in [0, 0.1) is 11.8 Å². The maximum atomic E-state index is 13.3. The summed E-state index contributed by atoms with van der Waals surface area (Å²) < 4.78 is 5.58. The van der Waals surface area contributed by atoms with Crippen LogP contribution >= 0.6 is 0 Å². The van der Waals surface area contributed by atoms with E-state index in [2.05, 4.69) is 27.5 Å². The number of hydrogen-bond acceptors (Lipinski definition) is 6. The molecule has 3 heterocycles. The van der Waals surface area contributed by atoms with Gasteiger partial charge in [0.1, 0.15) is 12.4 Å². The van der Waals surface area contributed by atoms with Gasteiger partial charge in [0.25, 0.3) is 11.8 Å².